The molecule has 0 aromatic carbocycles. The lowest BCUT2D eigenvalue weighted by Crippen LogP contribution is -2.45. The van der Waals surface area contributed by atoms with Gasteiger partial charge >= 0.3 is 5.97 Å². The molecule has 0 amide bonds. The highest BCUT2D eigenvalue weighted by atomic mass is 28.4. The molecule has 3 nitrogen and oxygen atoms in total. The van der Waals surface area contributed by atoms with Crippen molar-refractivity contribution in [1.82, 2.24) is 0 Å². The van der Waals surface area contributed by atoms with Crippen LogP contribution in [0.4, 0.5) is 0 Å². The van der Waals surface area contributed by atoms with Gasteiger partial charge in [0.2, 0.25) is 0 Å². The fraction of sp³-hybridized carbons (Fsp3) is 0.762. The van der Waals surface area contributed by atoms with Crippen molar-refractivity contribution in [1.29, 1.82) is 0 Å². The standard InChI is InChI=1S/C21H34O3Si/c1-12-9-10-15-13(2)20(22)23-19(15)18-14(3)17(11-16(12)18)24-25(7,8)21(4,5)6/h9,14-19H,2,10-11H2,1,3-8H3/t14-,15+,16+,17-,18+,19+/m1/s1. The first-order valence-corrected chi connectivity index (χ1v) is 12.6. The predicted molar refractivity (Wildman–Crippen MR) is 104 cm³/mol. The highest BCUT2D eigenvalue weighted by molar-refractivity contribution is 6.74. The third-order valence-electron chi connectivity index (χ3n) is 7.40. The fourth-order valence-electron chi connectivity index (χ4n) is 4.68. The summed E-state index contributed by atoms with van der Waals surface area (Å²) in [4.78, 5) is 12.1. The molecule has 3 rings (SSSR count). The Morgan fingerprint density at radius 2 is 1.92 bits per heavy atom. The first kappa shape index (κ1) is 18.9. The van der Waals surface area contributed by atoms with Crippen molar-refractivity contribution >= 4 is 14.3 Å². The van der Waals surface area contributed by atoms with Gasteiger partial charge in [0.05, 0.1) is 0 Å². The molecule has 0 unspecified atom stereocenters. The summed E-state index contributed by atoms with van der Waals surface area (Å²) < 4.78 is 12.6. The van der Waals surface area contributed by atoms with E-state index in [-0.39, 0.29) is 29.1 Å². The van der Waals surface area contributed by atoms with E-state index in [1.807, 2.05) is 0 Å². The van der Waals surface area contributed by atoms with E-state index in [4.69, 9.17) is 9.16 Å². The molecular weight excluding hydrogens is 328 g/mol. The van der Waals surface area contributed by atoms with Crippen molar-refractivity contribution in [2.45, 2.75) is 77.8 Å². The molecule has 0 aromatic rings. The van der Waals surface area contributed by atoms with Gasteiger partial charge in [-0.2, -0.15) is 0 Å². The van der Waals surface area contributed by atoms with E-state index in [0.717, 1.165) is 12.8 Å². The number of rotatable bonds is 2. The van der Waals surface area contributed by atoms with Crippen molar-refractivity contribution in [3.8, 4) is 0 Å². The molecule has 140 valence electrons. The molecule has 1 heterocycles. The minimum Gasteiger partial charge on any atom is -0.458 e. The zero-order valence-electron chi connectivity index (χ0n) is 16.9. The second kappa shape index (κ2) is 6.09. The molecule has 2 fully saturated rings. The zero-order valence-corrected chi connectivity index (χ0v) is 17.9. The van der Waals surface area contributed by atoms with Crippen LogP contribution in [0.2, 0.25) is 18.1 Å². The molecule has 2 aliphatic carbocycles. The average Bonchev–Trinajstić information content (AvgIpc) is 2.89. The lowest BCUT2D eigenvalue weighted by atomic mass is 9.78. The highest BCUT2D eigenvalue weighted by Gasteiger charge is 2.55. The summed E-state index contributed by atoms with van der Waals surface area (Å²) in [5.41, 5.74) is 2.10. The number of carbonyl (C=O) groups is 1. The molecule has 3 aliphatic rings. The van der Waals surface area contributed by atoms with Gasteiger partial charge in [0.1, 0.15) is 6.10 Å². The maximum absolute atomic E-state index is 12.1. The van der Waals surface area contributed by atoms with Crippen LogP contribution in [0, 0.1) is 23.7 Å². The molecular formula is C21H34O3Si. The fourth-order valence-corrected chi connectivity index (χ4v) is 6.10. The number of hydrogen-bond acceptors (Lipinski definition) is 3. The number of fused-ring (bicyclic) bond motifs is 3. The molecule has 0 bridgehead atoms. The van der Waals surface area contributed by atoms with Crippen molar-refractivity contribution in [2.75, 3.05) is 0 Å². The Labute approximate surface area is 154 Å². The van der Waals surface area contributed by atoms with Gasteiger partial charge in [-0.3, -0.25) is 0 Å². The van der Waals surface area contributed by atoms with Crippen LogP contribution < -0.4 is 0 Å². The smallest absolute Gasteiger partial charge is 0.334 e. The van der Waals surface area contributed by atoms with E-state index in [9.17, 15) is 4.79 Å². The molecule has 6 atom stereocenters. The van der Waals surface area contributed by atoms with Crippen LogP contribution >= 0.6 is 0 Å². The minimum atomic E-state index is -1.82. The molecule has 1 aliphatic heterocycles. The molecule has 1 saturated heterocycles. The van der Waals surface area contributed by atoms with Gasteiger partial charge in [0, 0.05) is 23.5 Å². The summed E-state index contributed by atoms with van der Waals surface area (Å²) in [5.74, 6) is 1.15. The quantitative estimate of drug-likeness (QED) is 0.297. The summed E-state index contributed by atoms with van der Waals surface area (Å²) in [7, 11) is -1.82. The Bertz CT molecular complexity index is 613. The maximum atomic E-state index is 12.1. The Morgan fingerprint density at radius 1 is 1.28 bits per heavy atom. The summed E-state index contributed by atoms with van der Waals surface area (Å²) in [6, 6.07) is 0. The second-order valence-corrected chi connectivity index (χ2v) is 14.6. The summed E-state index contributed by atoms with van der Waals surface area (Å²) in [5, 5.41) is 0.207. The van der Waals surface area contributed by atoms with Gasteiger partial charge in [-0.05, 0) is 49.7 Å². The first-order chi connectivity index (χ1) is 11.4. The Balaban J connectivity index is 1.88. The van der Waals surface area contributed by atoms with E-state index < -0.39 is 8.32 Å². The lowest BCUT2D eigenvalue weighted by Gasteiger charge is -2.40. The van der Waals surface area contributed by atoms with Gasteiger partial charge < -0.3 is 9.16 Å². The van der Waals surface area contributed by atoms with Crippen molar-refractivity contribution in [2.24, 2.45) is 23.7 Å². The number of hydrogen-bond donors (Lipinski definition) is 0. The third-order valence-corrected chi connectivity index (χ3v) is 11.9. The summed E-state index contributed by atoms with van der Waals surface area (Å²) >= 11 is 0. The Hall–Kier alpha value is -0.873. The van der Waals surface area contributed by atoms with E-state index in [1.165, 1.54) is 5.57 Å². The van der Waals surface area contributed by atoms with Gasteiger partial charge in [-0.15, -0.1) is 0 Å². The molecule has 25 heavy (non-hydrogen) atoms. The van der Waals surface area contributed by atoms with Crippen LogP contribution in [0.25, 0.3) is 0 Å². The third kappa shape index (κ3) is 3.06. The summed E-state index contributed by atoms with van der Waals surface area (Å²) in [6.07, 6.45) is 4.48. The van der Waals surface area contributed by atoms with E-state index in [2.05, 4.69) is 60.4 Å². The van der Waals surface area contributed by atoms with Crippen LogP contribution in [0.1, 0.15) is 47.5 Å². The maximum Gasteiger partial charge on any atom is 0.334 e. The van der Waals surface area contributed by atoms with Gasteiger partial charge in [0.15, 0.2) is 8.32 Å². The topological polar surface area (TPSA) is 35.5 Å². The molecule has 0 N–H and O–H groups in total. The second-order valence-electron chi connectivity index (χ2n) is 9.88. The molecule has 0 radical (unpaired) electrons. The van der Waals surface area contributed by atoms with Crippen molar-refractivity contribution < 1.29 is 14.0 Å². The van der Waals surface area contributed by atoms with Crippen LogP contribution in [-0.2, 0) is 14.0 Å². The summed E-state index contributed by atoms with van der Waals surface area (Å²) in [6.45, 7) is 20.1. The number of allylic oxidation sites excluding steroid dienone is 2. The number of carbonyl (C=O) groups excluding carboxylic acids is 1. The minimum absolute atomic E-state index is 0.0262. The normalized spacial score (nSPS) is 38.8. The van der Waals surface area contributed by atoms with Gasteiger partial charge in [0.25, 0.3) is 0 Å². The average molecular weight is 363 g/mol. The van der Waals surface area contributed by atoms with E-state index >= 15 is 0 Å². The zero-order chi connectivity index (χ0) is 18.7. The van der Waals surface area contributed by atoms with Gasteiger partial charge in [-0.1, -0.05) is 45.9 Å². The largest absolute Gasteiger partial charge is 0.458 e. The van der Waals surface area contributed by atoms with Crippen LogP contribution in [0.15, 0.2) is 23.8 Å². The number of esters is 1. The highest BCUT2D eigenvalue weighted by Crippen LogP contribution is 2.53. The first-order valence-electron chi connectivity index (χ1n) is 9.68. The molecule has 4 heteroatoms. The van der Waals surface area contributed by atoms with E-state index in [1.54, 1.807) is 0 Å². The van der Waals surface area contributed by atoms with Crippen molar-refractivity contribution in [3.63, 3.8) is 0 Å². The monoisotopic (exact) mass is 362 g/mol. The van der Waals surface area contributed by atoms with Gasteiger partial charge in [-0.25, -0.2) is 4.79 Å². The SMILES string of the molecule is C=C1C(=O)O[C@@H]2[C@H]3[C@H](C)[C@H](O[Si](C)(C)C(C)(C)C)C[C@H]3C(C)=CC[C@@H]12. The predicted octanol–water partition coefficient (Wildman–Crippen LogP) is 5.10. The Morgan fingerprint density at radius 3 is 2.52 bits per heavy atom. The molecule has 1 saturated carbocycles. The molecule has 0 aromatic heterocycles. The van der Waals surface area contributed by atoms with E-state index in [0.29, 0.717) is 23.3 Å². The van der Waals surface area contributed by atoms with Crippen LogP contribution in [0.3, 0.4) is 0 Å². The van der Waals surface area contributed by atoms with Crippen molar-refractivity contribution in [3.05, 3.63) is 23.8 Å². The van der Waals surface area contributed by atoms with Crippen LogP contribution in [-0.4, -0.2) is 26.5 Å². The van der Waals surface area contributed by atoms with Crippen LogP contribution in [0.5, 0.6) is 0 Å². The Kier molecular flexibility index (Phi) is 4.60. The molecule has 0 spiro atoms. The lowest BCUT2D eigenvalue weighted by molar-refractivity contribution is -0.142. The number of ether oxygens (including phenoxy) is 1.